The second-order valence-electron chi connectivity index (χ2n) is 2.14. The van der Waals surface area contributed by atoms with Crippen molar-refractivity contribution in [2.45, 2.75) is 47.5 Å². The Morgan fingerprint density at radius 2 is 1.64 bits per heavy atom. The van der Waals surface area contributed by atoms with Gasteiger partial charge in [-0.3, -0.25) is 4.79 Å². The zero-order chi connectivity index (χ0) is 8.41. The summed E-state index contributed by atoms with van der Waals surface area (Å²) in [5.41, 5.74) is 5.08. The van der Waals surface area contributed by atoms with Crippen molar-refractivity contribution < 1.29 is 4.79 Å². The predicted octanol–water partition coefficient (Wildman–Crippen LogP) is 2.37. The van der Waals surface area contributed by atoms with Crippen LogP contribution in [0.4, 0.5) is 0 Å². The van der Waals surface area contributed by atoms with Gasteiger partial charge in [-0.05, 0) is 6.54 Å². The van der Waals surface area contributed by atoms with E-state index in [1.165, 1.54) is 6.42 Å². The molecule has 0 saturated heterocycles. The Balaban J connectivity index is -0.000000140. The lowest BCUT2D eigenvalue weighted by atomic mass is 10.2. The average Bonchev–Trinajstić information content (AvgIpc) is 1.90. The van der Waals surface area contributed by atoms with Crippen LogP contribution in [0.3, 0.4) is 0 Å². The minimum absolute atomic E-state index is 0. The Hall–Kier alpha value is -0.370. The van der Waals surface area contributed by atoms with Crippen LogP contribution in [0, 0.1) is 0 Å². The number of ketones is 1. The van der Waals surface area contributed by atoms with Gasteiger partial charge in [-0.1, -0.05) is 34.6 Å². The van der Waals surface area contributed by atoms with Gasteiger partial charge in [-0.25, -0.2) is 0 Å². The van der Waals surface area contributed by atoms with Crippen molar-refractivity contribution in [1.82, 2.24) is 0 Å². The number of Topliss-reactive ketones (excluding diaryl/α,β-unsaturated/α-hetero) is 1. The molecule has 0 amide bonds. The molecule has 0 spiro atoms. The lowest BCUT2D eigenvalue weighted by molar-refractivity contribution is -0.118. The van der Waals surface area contributed by atoms with Gasteiger partial charge in [0.1, 0.15) is 5.78 Å². The molecule has 2 N–H and O–H groups in total. The normalized spacial score (nSPS) is 7.27. The lowest BCUT2D eigenvalue weighted by Gasteiger charge is -1.87. The summed E-state index contributed by atoms with van der Waals surface area (Å²) in [6, 6.07) is 0. The number of rotatable bonds is 3. The second kappa shape index (κ2) is 16.3. The minimum Gasteiger partial charge on any atom is -0.330 e. The molecule has 0 aliphatic heterocycles. The first kappa shape index (κ1) is 16.9. The maximum atomic E-state index is 10.3. The summed E-state index contributed by atoms with van der Waals surface area (Å²) in [7, 11) is 0. The molecule has 0 unspecified atom stereocenters. The second-order valence-corrected chi connectivity index (χ2v) is 2.14. The summed E-state index contributed by atoms with van der Waals surface area (Å²) in [4.78, 5) is 10.3. The molecule has 0 bridgehead atoms. The van der Waals surface area contributed by atoms with E-state index in [2.05, 4.69) is 13.8 Å². The molecule has 0 heterocycles. The Morgan fingerprint density at radius 3 is 1.73 bits per heavy atom. The van der Waals surface area contributed by atoms with Crippen LogP contribution in [-0.4, -0.2) is 12.3 Å². The third-order valence-corrected chi connectivity index (χ3v) is 0.818. The highest BCUT2D eigenvalue weighted by atomic mass is 16.1. The Bertz CT molecular complexity index is 72.0. The van der Waals surface area contributed by atoms with Crippen molar-refractivity contribution in [3.05, 3.63) is 0 Å². The molecular formula is C9H23NO. The zero-order valence-corrected chi connectivity index (χ0v) is 7.31. The molecule has 0 aromatic rings. The van der Waals surface area contributed by atoms with Gasteiger partial charge in [0.05, 0.1) is 0 Å². The summed E-state index contributed by atoms with van der Waals surface area (Å²) in [6.07, 6.45) is 2.41. The van der Waals surface area contributed by atoms with Gasteiger partial charge < -0.3 is 5.73 Å². The molecule has 0 aliphatic rings. The summed E-state index contributed by atoms with van der Waals surface area (Å²) >= 11 is 0. The molecule has 0 aliphatic carbocycles. The van der Waals surface area contributed by atoms with Crippen LogP contribution in [0.25, 0.3) is 0 Å². The summed E-state index contributed by atoms with van der Waals surface area (Å²) < 4.78 is 0. The smallest absolute Gasteiger partial charge is 0.133 e. The van der Waals surface area contributed by atoms with Crippen molar-refractivity contribution in [3.63, 3.8) is 0 Å². The Kier molecular flexibility index (Phi) is 25.1. The van der Waals surface area contributed by atoms with E-state index in [0.29, 0.717) is 19.4 Å². The molecular weight excluding hydrogens is 138 g/mol. The third kappa shape index (κ3) is 26.2. The van der Waals surface area contributed by atoms with E-state index in [1.807, 2.05) is 6.92 Å². The van der Waals surface area contributed by atoms with Gasteiger partial charge in [-0.2, -0.15) is 0 Å². The minimum atomic E-state index is 0. The maximum absolute atomic E-state index is 10.3. The average molecular weight is 161 g/mol. The SMILES string of the molecule is C.CCC.CCC(=O)CCN. The molecule has 70 valence electrons. The zero-order valence-electron chi connectivity index (χ0n) is 7.31. The lowest BCUT2D eigenvalue weighted by Crippen LogP contribution is -2.05. The van der Waals surface area contributed by atoms with Crippen molar-refractivity contribution >= 4 is 5.78 Å². The number of hydrogen-bond donors (Lipinski definition) is 1. The van der Waals surface area contributed by atoms with E-state index in [1.54, 1.807) is 0 Å². The van der Waals surface area contributed by atoms with Crippen LogP contribution in [-0.2, 0) is 4.79 Å². The first-order valence-electron chi connectivity index (χ1n) is 3.94. The summed E-state index contributed by atoms with van der Waals surface area (Å²) in [6.45, 7) is 6.59. The highest BCUT2D eigenvalue weighted by Gasteiger charge is 1.91. The molecule has 2 heteroatoms. The molecule has 0 fully saturated rings. The van der Waals surface area contributed by atoms with E-state index in [-0.39, 0.29) is 13.2 Å². The molecule has 0 atom stereocenters. The number of carbonyl (C=O) groups excluding carboxylic acids is 1. The van der Waals surface area contributed by atoms with Gasteiger partial charge >= 0.3 is 0 Å². The van der Waals surface area contributed by atoms with Gasteiger partial charge in [0, 0.05) is 12.8 Å². The summed E-state index contributed by atoms with van der Waals surface area (Å²) in [5, 5.41) is 0. The van der Waals surface area contributed by atoms with Gasteiger partial charge in [0.15, 0.2) is 0 Å². The van der Waals surface area contributed by atoms with Crippen LogP contribution in [0.5, 0.6) is 0 Å². The van der Waals surface area contributed by atoms with Crippen LogP contribution < -0.4 is 5.73 Å². The van der Waals surface area contributed by atoms with Crippen molar-refractivity contribution in [2.75, 3.05) is 6.54 Å². The van der Waals surface area contributed by atoms with E-state index >= 15 is 0 Å². The standard InChI is InChI=1S/C5H11NO.C3H8.CH4/c1-2-5(7)3-4-6;1-3-2;/h2-4,6H2,1H3;3H2,1-2H3;1H4. The maximum Gasteiger partial charge on any atom is 0.133 e. The molecule has 2 nitrogen and oxygen atoms in total. The van der Waals surface area contributed by atoms with Crippen molar-refractivity contribution in [3.8, 4) is 0 Å². The van der Waals surface area contributed by atoms with Crippen molar-refractivity contribution in [1.29, 1.82) is 0 Å². The predicted molar refractivity (Wildman–Crippen MR) is 51.7 cm³/mol. The van der Waals surface area contributed by atoms with Gasteiger partial charge in [-0.15, -0.1) is 0 Å². The van der Waals surface area contributed by atoms with E-state index in [0.717, 1.165) is 0 Å². The molecule has 0 saturated carbocycles. The first-order chi connectivity index (χ1) is 4.72. The van der Waals surface area contributed by atoms with Crippen LogP contribution >= 0.6 is 0 Å². The topological polar surface area (TPSA) is 43.1 Å². The highest BCUT2D eigenvalue weighted by molar-refractivity contribution is 5.78. The number of nitrogens with two attached hydrogens (primary N) is 1. The third-order valence-electron chi connectivity index (χ3n) is 0.818. The molecule has 0 radical (unpaired) electrons. The largest absolute Gasteiger partial charge is 0.330 e. The molecule has 0 aromatic heterocycles. The van der Waals surface area contributed by atoms with E-state index in [4.69, 9.17) is 5.73 Å². The number of hydrogen-bond acceptors (Lipinski definition) is 2. The highest BCUT2D eigenvalue weighted by Crippen LogP contribution is 1.83. The van der Waals surface area contributed by atoms with Crippen LogP contribution in [0.2, 0.25) is 0 Å². The quantitative estimate of drug-likeness (QED) is 0.690. The molecule has 11 heavy (non-hydrogen) atoms. The molecule has 0 aromatic carbocycles. The monoisotopic (exact) mass is 161 g/mol. The fourth-order valence-electron chi connectivity index (χ4n) is 0.338. The molecule has 0 rings (SSSR count). The van der Waals surface area contributed by atoms with Crippen LogP contribution in [0.15, 0.2) is 0 Å². The van der Waals surface area contributed by atoms with Crippen LogP contribution in [0.1, 0.15) is 47.5 Å². The number of carbonyl (C=O) groups is 1. The van der Waals surface area contributed by atoms with Gasteiger partial charge in [0.25, 0.3) is 0 Å². The Labute approximate surface area is 71.2 Å². The summed E-state index contributed by atoms with van der Waals surface area (Å²) in [5.74, 6) is 0.252. The van der Waals surface area contributed by atoms with E-state index in [9.17, 15) is 4.79 Å². The van der Waals surface area contributed by atoms with E-state index < -0.39 is 0 Å². The fraction of sp³-hybridized carbons (Fsp3) is 0.889. The first-order valence-corrected chi connectivity index (χ1v) is 3.94. The van der Waals surface area contributed by atoms with Crippen molar-refractivity contribution in [2.24, 2.45) is 5.73 Å². The van der Waals surface area contributed by atoms with Gasteiger partial charge in [0.2, 0.25) is 0 Å². The fourth-order valence-corrected chi connectivity index (χ4v) is 0.338. The Morgan fingerprint density at radius 1 is 1.27 bits per heavy atom.